The minimum atomic E-state index is -0.438. The molecule has 1 aromatic heterocycles. The summed E-state index contributed by atoms with van der Waals surface area (Å²) >= 11 is 3.12. The first-order valence-electron chi connectivity index (χ1n) is 7.60. The Morgan fingerprint density at radius 1 is 1.21 bits per heavy atom. The van der Waals surface area contributed by atoms with Gasteiger partial charge in [-0.1, -0.05) is 12.1 Å². The van der Waals surface area contributed by atoms with Crippen molar-refractivity contribution in [2.24, 2.45) is 0 Å². The molecule has 0 bridgehead atoms. The van der Waals surface area contributed by atoms with E-state index < -0.39 is 5.91 Å². The minimum absolute atomic E-state index is 0.102. The Morgan fingerprint density at radius 2 is 1.92 bits per heavy atom. The van der Waals surface area contributed by atoms with E-state index in [1.165, 1.54) is 18.2 Å². The third kappa shape index (κ3) is 4.23. The van der Waals surface area contributed by atoms with E-state index in [0.717, 1.165) is 18.4 Å². The maximum atomic E-state index is 13.0. The zero-order valence-electron chi connectivity index (χ0n) is 12.8. The number of halogens is 2. The second-order valence-electron chi connectivity index (χ2n) is 5.67. The molecule has 0 saturated heterocycles. The fraction of sp³-hybridized carbons (Fsp3) is 0.294. The van der Waals surface area contributed by atoms with E-state index in [1.54, 1.807) is 23.1 Å². The third-order valence-electron chi connectivity index (χ3n) is 3.77. The Hall–Kier alpha value is -2.15. The quantitative estimate of drug-likeness (QED) is 0.818. The molecule has 7 heteroatoms. The molecular formula is C17H16BrFN2O3. The van der Waals surface area contributed by atoms with E-state index in [1.807, 2.05) is 0 Å². The summed E-state index contributed by atoms with van der Waals surface area (Å²) in [6.07, 6.45) is 1.90. The first kappa shape index (κ1) is 16.7. The van der Waals surface area contributed by atoms with Crippen LogP contribution in [0.2, 0.25) is 0 Å². The van der Waals surface area contributed by atoms with Crippen molar-refractivity contribution in [1.82, 2.24) is 10.2 Å². The molecule has 1 N–H and O–H groups in total. The van der Waals surface area contributed by atoms with Crippen molar-refractivity contribution in [2.45, 2.75) is 25.4 Å². The van der Waals surface area contributed by atoms with Gasteiger partial charge in [0.25, 0.3) is 5.91 Å². The van der Waals surface area contributed by atoms with Gasteiger partial charge >= 0.3 is 0 Å². The Labute approximate surface area is 146 Å². The molecule has 0 spiro atoms. The average Bonchev–Trinajstić information content (AvgIpc) is 3.32. The highest BCUT2D eigenvalue weighted by atomic mass is 79.9. The van der Waals surface area contributed by atoms with Crippen molar-refractivity contribution in [3.8, 4) is 0 Å². The van der Waals surface area contributed by atoms with E-state index in [0.29, 0.717) is 11.2 Å². The van der Waals surface area contributed by atoms with E-state index >= 15 is 0 Å². The smallest absolute Gasteiger partial charge is 0.287 e. The van der Waals surface area contributed by atoms with Gasteiger partial charge in [0.05, 0.1) is 6.54 Å². The largest absolute Gasteiger partial charge is 0.444 e. The van der Waals surface area contributed by atoms with Gasteiger partial charge < -0.3 is 14.6 Å². The van der Waals surface area contributed by atoms with Gasteiger partial charge in [0.15, 0.2) is 10.4 Å². The number of carbonyl (C=O) groups excluding carboxylic acids is 2. The van der Waals surface area contributed by atoms with Gasteiger partial charge in [-0.3, -0.25) is 9.59 Å². The maximum Gasteiger partial charge on any atom is 0.287 e. The molecule has 1 heterocycles. The minimum Gasteiger partial charge on any atom is -0.444 e. The zero-order valence-corrected chi connectivity index (χ0v) is 14.4. The Kier molecular flexibility index (Phi) is 4.99. The molecule has 2 aromatic rings. The average molecular weight is 395 g/mol. The molecule has 1 aromatic carbocycles. The molecule has 1 aliphatic rings. The van der Waals surface area contributed by atoms with Crippen LogP contribution in [0.5, 0.6) is 0 Å². The lowest BCUT2D eigenvalue weighted by Crippen LogP contribution is -2.41. The van der Waals surface area contributed by atoms with Crippen molar-refractivity contribution >= 4 is 27.7 Å². The lowest BCUT2D eigenvalue weighted by Gasteiger charge is -2.22. The summed E-state index contributed by atoms with van der Waals surface area (Å²) in [6.45, 7) is 0.306. The van der Waals surface area contributed by atoms with Gasteiger partial charge in [0.1, 0.15) is 5.82 Å². The van der Waals surface area contributed by atoms with E-state index in [2.05, 4.69) is 21.2 Å². The van der Waals surface area contributed by atoms with Crippen LogP contribution in [0.3, 0.4) is 0 Å². The summed E-state index contributed by atoms with van der Waals surface area (Å²) in [4.78, 5) is 26.1. The highest BCUT2D eigenvalue weighted by Gasteiger charge is 2.32. The van der Waals surface area contributed by atoms with Gasteiger partial charge in [-0.2, -0.15) is 0 Å². The number of carbonyl (C=O) groups is 2. The fourth-order valence-corrected chi connectivity index (χ4v) is 2.68. The van der Waals surface area contributed by atoms with E-state index in [9.17, 15) is 14.0 Å². The van der Waals surface area contributed by atoms with Gasteiger partial charge in [0, 0.05) is 12.6 Å². The van der Waals surface area contributed by atoms with Crippen LogP contribution in [0.1, 0.15) is 29.0 Å². The molecule has 3 rings (SSSR count). The third-order valence-corrected chi connectivity index (χ3v) is 4.20. The highest BCUT2D eigenvalue weighted by Crippen LogP contribution is 2.28. The van der Waals surface area contributed by atoms with Crippen molar-refractivity contribution in [3.63, 3.8) is 0 Å². The number of amides is 2. The number of hydrogen-bond donors (Lipinski definition) is 1. The van der Waals surface area contributed by atoms with Crippen LogP contribution < -0.4 is 5.32 Å². The van der Waals surface area contributed by atoms with Crippen molar-refractivity contribution < 1.29 is 18.4 Å². The number of nitrogens with zero attached hydrogens (tertiary/aromatic N) is 1. The Balaban J connectivity index is 1.58. The standard InChI is InChI=1S/C17H16BrFN2O3/c18-15-8-7-14(24-15)17(23)20-9-16(22)21(13-5-6-13)10-11-1-3-12(19)4-2-11/h1-4,7-8,13H,5-6,9-10H2,(H,20,23). The van der Waals surface area contributed by atoms with Crippen molar-refractivity contribution in [2.75, 3.05) is 6.54 Å². The second-order valence-corrected chi connectivity index (χ2v) is 6.45. The molecule has 1 fully saturated rings. The fourth-order valence-electron chi connectivity index (χ4n) is 2.37. The molecule has 2 amide bonds. The molecule has 0 aliphatic heterocycles. The molecule has 126 valence electrons. The van der Waals surface area contributed by atoms with E-state index in [-0.39, 0.29) is 30.1 Å². The van der Waals surface area contributed by atoms with Gasteiger partial charge in [-0.15, -0.1) is 0 Å². The number of nitrogens with one attached hydrogen (secondary N) is 1. The molecule has 1 aliphatic carbocycles. The summed E-state index contributed by atoms with van der Waals surface area (Å²) in [6, 6.07) is 9.41. The predicted octanol–water partition coefficient (Wildman–Crippen LogP) is 3.10. The highest BCUT2D eigenvalue weighted by molar-refractivity contribution is 9.10. The Morgan fingerprint density at radius 3 is 2.50 bits per heavy atom. The number of rotatable bonds is 6. The van der Waals surface area contributed by atoms with Gasteiger partial charge in [-0.05, 0) is 58.6 Å². The summed E-state index contributed by atoms with van der Waals surface area (Å²) in [5.74, 6) is -0.765. The second kappa shape index (κ2) is 7.17. The monoisotopic (exact) mass is 394 g/mol. The number of hydrogen-bond acceptors (Lipinski definition) is 3. The molecule has 0 atom stereocenters. The topological polar surface area (TPSA) is 62.6 Å². The van der Waals surface area contributed by atoms with E-state index in [4.69, 9.17) is 4.42 Å². The van der Waals surface area contributed by atoms with Crippen LogP contribution in [0.4, 0.5) is 4.39 Å². The van der Waals surface area contributed by atoms with Crippen molar-refractivity contribution in [1.29, 1.82) is 0 Å². The molecule has 0 unspecified atom stereocenters. The zero-order chi connectivity index (χ0) is 17.1. The van der Waals surface area contributed by atoms with Crippen molar-refractivity contribution in [3.05, 3.63) is 58.2 Å². The number of benzene rings is 1. The summed E-state index contributed by atoms with van der Waals surface area (Å²) in [7, 11) is 0. The van der Waals surface area contributed by atoms with Crippen LogP contribution in [0.15, 0.2) is 45.5 Å². The van der Waals surface area contributed by atoms with Crippen LogP contribution in [-0.4, -0.2) is 29.3 Å². The van der Waals surface area contributed by atoms with Crippen LogP contribution in [-0.2, 0) is 11.3 Å². The molecule has 0 radical (unpaired) electrons. The lowest BCUT2D eigenvalue weighted by atomic mass is 10.2. The number of furan rings is 1. The predicted molar refractivity (Wildman–Crippen MR) is 88.7 cm³/mol. The SMILES string of the molecule is O=C(NCC(=O)N(Cc1ccc(F)cc1)C1CC1)c1ccc(Br)o1. The first-order valence-corrected chi connectivity index (χ1v) is 8.39. The van der Waals surface area contributed by atoms with Gasteiger partial charge in [-0.25, -0.2) is 4.39 Å². The van der Waals surface area contributed by atoms with Crippen LogP contribution >= 0.6 is 15.9 Å². The Bertz CT molecular complexity index is 741. The molecule has 1 saturated carbocycles. The molecular weight excluding hydrogens is 379 g/mol. The van der Waals surface area contributed by atoms with Crippen LogP contribution in [0, 0.1) is 5.82 Å². The molecule has 5 nitrogen and oxygen atoms in total. The summed E-state index contributed by atoms with van der Waals surface area (Å²) in [5, 5.41) is 2.57. The normalized spacial score (nSPS) is 13.6. The summed E-state index contributed by atoms with van der Waals surface area (Å²) < 4.78 is 18.6. The van der Waals surface area contributed by atoms with Gasteiger partial charge in [0.2, 0.25) is 5.91 Å². The first-order chi connectivity index (χ1) is 11.5. The lowest BCUT2D eigenvalue weighted by molar-refractivity contribution is -0.131. The maximum absolute atomic E-state index is 13.0. The summed E-state index contributed by atoms with van der Waals surface area (Å²) in [5.41, 5.74) is 0.859. The molecule has 24 heavy (non-hydrogen) atoms. The van der Waals surface area contributed by atoms with Crippen LogP contribution in [0.25, 0.3) is 0 Å².